The Labute approximate surface area is 129 Å². The summed E-state index contributed by atoms with van der Waals surface area (Å²) in [4.78, 5) is 9.18. The van der Waals surface area contributed by atoms with E-state index in [0.29, 0.717) is 19.0 Å². The van der Waals surface area contributed by atoms with Gasteiger partial charge < -0.3 is 14.8 Å². The molecule has 0 amide bonds. The Morgan fingerprint density at radius 3 is 2.40 bits per heavy atom. The number of aromatic nitrogens is 2. The zero-order valence-corrected chi connectivity index (χ0v) is 14.7. The molecule has 0 aromatic carbocycles. The first kappa shape index (κ1) is 17.3. The first-order valence-corrected chi connectivity index (χ1v) is 7.49. The maximum absolute atomic E-state index is 5.86. The van der Waals surface area contributed by atoms with Crippen molar-refractivity contribution >= 4 is 21.7 Å². The van der Waals surface area contributed by atoms with Gasteiger partial charge in [0, 0.05) is 20.8 Å². The van der Waals surface area contributed by atoms with Gasteiger partial charge in [-0.05, 0) is 28.3 Å². The molecule has 1 N–H and O–H groups in total. The summed E-state index contributed by atoms with van der Waals surface area (Å²) in [5, 5.41) is 3.07. The molecule has 1 aromatic rings. The number of ether oxygens (including phenoxy) is 2. The molecular weight excluding hydrogens is 322 g/mol. The van der Waals surface area contributed by atoms with Gasteiger partial charge in [-0.3, -0.25) is 0 Å². The number of rotatable bonds is 6. The van der Waals surface area contributed by atoms with E-state index in [0.717, 1.165) is 16.0 Å². The molecule has 0 spiro atoms. The predicted octanol–water partition coefficient (Wildman–Crippen LogP) is 3.55. The SMILES string of the molecule is CCOC(c1nc(COC)c(Br)c(NC)n1)C(C)(C)C. The van der Waals surface area contributed by atoms with Gasteiger partial charge in [0.2, 0.25) is 0 Å². The summed E-state index contributed by atoms with van der Waals surface area (Å²) in [6.45, 7) is 9.38. The summed E-state index contributed by atoms with van der Waals surface area (Å²) in [5.41, 5.74) is 0.731. The number of hydrogen-bond acceptors (Lipinski definition) is 5. The lowest BCUT2D eigenvalue weighted by atomic mass is 9.88. The van der Waals surface area contributed by atoms with Gasteiger partial charge in [0.25, 0.3) is 0 Å². The number of hydrogen-bond donors (Lipinski definition) is 1. The van der Waals surface area contributed by atoms with Gasteiger partial charge in [-0.2, -0.15) is 0 Å². The van der Waals surface area contributed by atoms with E-state index in [9.17, 15) is 0 Å². The summed E-state index contributed by atoms with van der Waals surface area (Å²) in [7, 11) is 3.48. The topological polar surface area (TPSA) is 56.3 Å². The quantitative estimate of drug-likeness (QED) is 0.854. The largest absolute Gasteiger partial charge is 0.378 e. The average Bonchev–Trinajstić information content (AvgIpc) is 2.37. The second-order valence-electron chi connectivity index (χ2n) is 5.58. The number of methoxy groups -OCH3 is 1. The van der Waals surface area contributed by atoms with Crippen LogP contribution in [0.1, 0.15) is 45.3 Å². The lowest BCUT2D eigenvalue weighted by molar-refractivity contribution is -0.0193. The molecule has 1 unspecified atom stereocenters. The van der Waals surface area contributed by atoms with Crippen LogP contribution in [0.4, 0.5) is 5.82 Å². The molecule has 20 heavy (non-hydrogen) atoms. The van der Waals surface area contributed by atoms with E-state index in [1.54, 1.807) is 7.11 Å². The van der Waals surface area contributed by atoms with Crippen LogP contribution >= 0.6 is 15.9 Å². The number of nitrogens with zero attached hydrogens (tertiary/aromatic N) is 2. The molecule has 0 aliphatic rings. The zero-order valence-electron chi connectivity index (χ0n) is 13.1. The van der Waals surface area contributed by atoms with Gasteiger partial charge in [0.15, 0.2) is 5.82 Å². The molecule has 1 aromatic heterocycles. The van der Waals surface area contributed by atoms with Crippen LogP contribution < -0.4 is 5.32 Å². The van der Waals surface area contributed by atoms with Crippen LogP contribution in [0.25, 0.3) is 0 Å². The molecule has 0 saturated heterocycles. The summed E-state index contributed by atoms with van der Waals surface area (Å²) in [6.07, 6.45) is -0.164. The van der Waals surface area contributed by atoms with Crippen LogP contribution in [0.5, 0.6) is 0 Å². The van der Waals surface area contributed by atoms with Crippen molar-refractivity contribution in [2.45, 2.75) is 40.4 Å². The minimum absolute atomic E-state index is 0.0841. The van der Waals surface area contributed by atoms with Crippen LogP contribution in [0, 0.1) is 5.41 Å². The molecule has 0 fully saturated rings. The maximum atomic E-state index is 5.86. The van der Waals surface area contributed by atoms with Crippen LogP contribution in [-0.4, -0.2) is 30.7 Å². The molecule has 0 saturated carbocycles. The van der Waals surface area contributed by atoms with Crippen molar-refractivity contribution in [1.82, 2.24) is 9.97 Å². The highest BCUT2D eigenvalue weighted by atomic mass is 79.9. The number of halogens is 1. The highest BCUT2D eigenvalue weighted by Gasteiger charge is 2.30. The first-order valence-electron chi connectivity index (χ1n) is 6.69. The lowest BCUT2D eigenvalue weighted by Crippen LogP contribution is -2.24. The molecule has 1 atom stereocenters. The van der Waals surface area contributed by atoms with Crippen molar-refractivity contribution in [3.63, 3.8) is 0 Å². The number of anilines is 1. The molecule has 0 aliphatic heterocycles. The molecule has 0 radical (unpaired) electrons. The minimum atomic E-state index is -0.164. The van der Waals surface area contributed by atoms with Gasteiger partial charge in [-0.25, -0.2) is 9.97 Å². The second-order valence-corrected chi connectivity index (χ2v) is 6.37. The lowest BCUT2D eigenvalue weighted by Gasteiger charge is -2.29. The van der Waals surface area contributed by atoms with Gasteiger partial charge in [0.05, 0.1) is 16.8 Å². The molecule has 1 rings (SSSR count). The Morgan fingerprint density at radius 1 is 1.30 bits per heavy atom. The summed E-state index contributed by atoms with van der Waals surface area (Å²) in [5.74, 6) is 1.43. The molecule has 114 valence electrons. The van der Waals surface area contributed by atoms with E-state index in [-0.39, 0.29) is 11.5 Å². The predicted molar refractivity (Wildman–Crippen MR) is 83.8 cm³/mol. The zero-order chi connectivity index (χ0) is 15.3. The first-order chi connectivity index (χ1) is 9.35. The number of nitrogens with one attached hydrogen (secondary N) is 1. The highest BCUT2D eigenvalue weighted by Crippen LogP contribution is 2.36. The van der Waals surface area contributed by atoms with E-state index in [2.05, 4.69) is 52.0 Å². The van der Waals surface area contributed by atoms with Gasteiger partial charge in [0.1, 0.15) is 11.9 Å². The molecule has 1 heterocycles. The smallest absolute Gasteiger partial charge is 0.160 e. The fourth-order valence-corrected chi connectivity index (χ4v) is 2.40. The molecule has 5 nitrogen and oxygen atoms in total. The fraction of sp³-hybridized carbons (Fsp3) is 0.714. The Hall–Kier alpha value is -0.720. The highest BCUT2D eigenvalue weighted by molar-refractivity contribution is 9.10. The van der Waals surface area contributed by atoms with Crippen molar-refractivity contribution in [2.24, 2.45) is 5.41 Å². The summed E-state index contributed by atoms with van der Waals surface area (Å²) < 4.78 is 11.9. The Kier molecular flexibility index (Phi) is 6.36. The maximum Gasteiger partial charge on any atom is 0.160 e. The molecule has 6 heteroatoms. The summed E-state index contributed by atoms with van der Waals surface area (Å²) in [6, 6.07) is 0. The molecule has 0 aliphatic carbocycles. The third kappa shape index (κ3) is 4.14. The molecule has 0 bridgehead atoms. The third-order valence-corrected chi connectivity index (χ3v) is 3.64. The van der Waals surface area contributed by atoms with Crippen LogP contribution in [-0.2, 0) is 16.1 Å². The van der Waals surface area contributed by atoms with Crippen LogP contribution in [0.2, 0.25) is 0 Å². The van der Waals surface area contributed by atoms with Crippen molar-refractivity contribution in [3.8, 4) is 0 Å². The van der Waals surface area contributed by atoms with Crippen LogP contribution in [0.3, 0.4) is 0 Å². The summed E-state index contributed by atoms with van der Waals surface area (Å²) >= 11 is 3.51. The fourth-order valence-electron chi connectivity index (χ4n) is 1.91. The van der Waals surface area contributed by atoms with E-state index >= 15 is 0 Å². The van der Waals surface area contributed by atoms with E-state index in [1.165, 1.54) is 0 Å². The van der Waals surface area contributed by atoms with Crippen molar-refractivity contribution in [1.29, 1.82) is 0 Å². The average molecular weight is 346 g/mol. The monoisotopic (exact) mass is 345 g/mol. The van der Waals surface area contributed by atoms with Gasteiger partial charge in [-0.15, -0.1) is 0 Å². The second kappa shape index (κ2) is 7.33. The van der Waals surface area contributed by atoms with Crippen molar-refractivity contribution in [2.75, 3.05) is 26.1 Å². The van der Waals surface area contributed by atoms with Gasteiger partial charge in [-0.1, -0.05) is 20.8 Å². The van der Waals surface area contributed by atoms with Crippen molar-refractivity contribution in [3.05, 3.63) is 16.0 Å². The van der Waals surface area contributed by atoms with Crippen molar-refractivity contribution < 1.29 is 9.47 Å². The minimum Gasteiger partial charge on any atom is -0.378 e. The van der Waals surface area contributed by atoms with Gasteiger partial charge >= 0.3 is 0 Å². The Morgan fingerprint density at radius 2 is 1.95 bits per heavy atom. The van der Waals surface area contributed by atoms with Crippen LogP contribution in [0.15, 0.2) is 4.47 Å². The van der Waals surface area contributed by atoms with E-state index in [1.807, 2.05) is 14.0 Å². The van der Waals surface area contributed by atoms with E-state index in [4.69, 9.17) is 9.47 Å². The Balaban J connectivity index is 3.31. The Bertz CT molecular complexity index is 447. The van der Waals surface area contributed by atoms with E-state index < -0.39 is 0 Å². The third-order valence-electron chi connectivity index (χ3n) is 2.81. The normalized spacial score (nSPS) is 13.3. The molecular formula is C14H24BrN3O2. The standard InChI is InChI=1S/C14H24BrN3O2/c1-7-20-11(14(2,3)4)13-17-9(8-19-6)10(15)12(16-5)18-13/h11H,7-8H2,1-6H3,(H,16,17,18).